The van der Waals surface area contributed by atoms with Crippen molar-refractivity contribution < 1.29 is 0 Å². The van der Waals surface area contributed by atoms with Gasteiger partial charge in [0.15, 0.2) is 0 Å². The van der Waals surface area contributed by atoms with Crippen molar-refractivity contribution in [2.75, 3.05) is 25.0 Å². The van der Waals surface area contributed by atoms with Gasteiger partial charge in [-0.3, -0.25) is 0 Å². The minimum Gasteiger partial charge on any atom is -0.371 e. The highest BCUT2D eigenvalue weighted by Gasteiger charge is 2.36. The Balaban J connectivity index is 1.88. The van der Waals surface area contributed by atoms with Gasteiger partial charge in [-0.05, 0) is 62.4 Å². The second-order valence-electron chi connectivity index (χ2n) is 6.07. The molecule has 2 fully saturated rings. The first kappa shape index (κ1) is 13.4. The van der Waals surface area contributed by atoms with Gasteiger partial charge in [0.05, 0.1) is 0 Å². The van der Waals surface area contributed by atoms with E-state index in [1.165, 1.54) is 48.1 Å². The van der Waals surface area contributed by atoms with Gasteiger partial charge < -0.3 is 10.2 Å². The summed E-state index contributed by atoms with van der Waals surface area (Å²) < 4.78 is 1.17. The van der Waals surface area contributed by atoms with E-state index in [2.05, 4.69) is 51.3 Å². The van der Waals surface area contributed by atoms with Gasteiger partial charge in [0.1, 0.15) is 0 Å². The molecule has 3 unspecified atom stereocenters. The van der Waals surface area contributed by atoms with E-state index in [9.17, 15) is 0 Å². The highest BCUT2D eigenvalue weighted by atomic mass is 79.9. The summed E-state index contributed by atoms with van der Waals surface area (Å²) in [6.07, 6.45) is 4.33. The van der Waals surface area contributed by atoms with Crippen LogP contribution in [0.5, 0.6) is 0 Å². The number of benzene rings is 1. The van der Waals surface area contributed by atoms with Gasteiger partial charge in [-0.15, -0.1) is 0 Å². The van der Waals surface area contributed by atoms with Gasteiger partial charge in [-0.2, -0.15) is 0 Å². The van der Waals surface area contributed by atoms with E-state index in [-0.39, 0.29) is 0 Å². The third kappa shape index (κ3) is 2.55. The number of hydrogen-bond acceptors (Lipinski definition) is 2. The molecular formula is C16H23BrN2. The molecule has 2 nitrogen and oxygen atoms in total. The molecule has 1 saturated heterocycles. The van der Waals surface area contributed by atoms with Crippen LogP contribution in [-0.2, 0) is 0 Å². The Labute approximate surface area is 124 Å². The molecule has 1 aromatic carbocycles. The molecule has 1 N–H and O–H groups in total. The first-order valence-corrected chi connectivity index (χ1v) is 8.20. The highest BCUT2D eigenvalue weighted by Crippen LogP contribution is 2.41. The molecule has 3 heteroatoms. The third-order valence-electron chi connectivity index (χ3n) is 4.96. The Morgan fingerprint density at radius 1 is 1.26 bits per heavy atom. The topological polar surface area (TPSA) is 15.3 Å². The van der Waals surface area contributed by atoms with E-state index in [0.717, 1.165) is 11.8 Å². The van der Waals surface area contributed by atoms with E-state index >= 15 is 0 Å². The Bertz CT molecular complexity index is 448. The van der Waals surface area contributed by atoms with Crippen molar-refractivity contribution in [3.63, 3.8) is 0 Å². The minimum atomic E-state index is 0.396. The summed E-state index contributed by atoms with van der Waals surface area (Å²) in [7, 11) is 2.04. The monoisotopic (exact) mass is 322 g/mol. The number of anilines is 1. The van der Waals surface area contributed by atoms with Crippen LogP contribution in [0.15, 0.2) is 22.7 Å². The second-order valence-corrected chi connectivity index (χ2v) is 6.99. The van der Waals surface area contributed by atoms with Crippen LogP contribution in [0.3, 0.4) is 0 Å². The molecule has 0 bridgehead atoms. The van der Waals surface area contributed by atoms with E-state index in [0.29, 0.717) is 6.04 Å². The number of nitrogens with one attached hydrogen (secondary N) is 1. The molecule has 1 aromatic rings. The number of fused-ring (bicyclic) bond motifs is 1. The quantitative estimate of drug-likeness (QED) is 0.905. The Kier molecular flexibility index (Phi) is 3.86. The lowest BCUT2D eigenvalue weighted by Crippen LogP contribution is -2.24. The fraction of sp³-hybridized carbons (Fsp3) is 0.625. The molecule has 19 heavy (non-hydrogen) atoms. The van der Waals surface area contributed by atoms with Crippen LogP contribution in [0, 0.1) is 11.8 Å². The van der Waals surface area contributed by atoms with Crippen LogP contribution in [0.25, 0.3) is 0 Å². The minimum absolute atomic E-state index is 0.396. The lowest BCUT2D eigenvalue weighted by molar-refractivity contribution is 0.494. The Morgan fingerprint density at radius 2 is 1.95 bits per heavy atom. The van der Waals surface area contributed by atoms with Crippen LogP contribution in [0.2, 0.25) is 0 Å². The standard InChI is InChI=1S/C16H23BrN2/c1-11(18-2)15-8-14(17)6-7-16(15)19-9-12-4-3-5-13(12)10-19/h6-8,11-13,18H,3-5,9-10H2,1-2H3. The van der Waals surface area contributed by atoms with Gasteiger partial charge in [0.2, 0.25) is 0 Å². The molecule has 3 atom stereocenters. The van der Waals surface area contributed by atoms with Gasteiger partial charge in [0, 0.05) is 29.3 Å². The Morgan fingerprint density at radius 3 is 2.58 bits per heavy atom. The lowest BCUT2D eigenvalue weighted by atomic mass is 10.0. The van der Waals surface area contributed by atoms with Gasteiger partial charge in [0.25, 0.3) is 0 Å². The zero-order valence-electron chi connectivity index (χ0n) is 11.8. The maximum Gasteiger partial charge on any atom is 0.0415 e. The SMILES string of the molecule is CNC(C)c1cc(Br)ccc1N1CC2CCCC2C1. The average Bonchev–Trinajstić information content (AvgIpc) is 2.98. The number of nitrogens with zero attached hydrogens (tertiary/aromatic N) is 1. The van der Waals surface area contributed by atoms with E-state index < -0.39 is 0 Å². The fourth-order valence-corrected chi connectivity index (χ4v) is 4.13. The average molecular weight is 323 g/mol. The summed E-state index contributed by atoms with van der Waals surface area (Å²) in [5, 5.41) is 3.38. The van der Waals surface area contributed by atoms with Crippen molar-refractivity contribution >= 4 is 21.6 Å². The molecule has 1 heterocycles. The molecule has 1 aliphatic carbocycles. The summed E-state index contributed by atoms with van der Waals surface area (Å²) in [5.41, 5.74) is 2.84. The molecule has 1 aliphatic heterocycles. The van der Waals surface area contributed by atoms with Crippen molar-refractivity contribution in [2.24, 2.45) is 11.8 Å². The zero-order valence-corrected chi connectivity index (χ0v) is 13.4. The molecule has 3 rings (SSSR count). The van der Waals surface area contributed by atoms with Crippen molar-refractivity contribution in [2.45, 2.75) is 32.2 Å². The summed E-state index contributed by atoms with van der Waals surface area (Å²) in [4.78, 5) is 2.62. The van der Waals surface area contributed by atoms with Crippen LogP contribution in [-0.4, -0.2) is 20.1 Å². The predicted octanol–water partition coefficient (Wildman–Crippen LogP) is 3.97. The normalized spacial score (nSPS) is 27.6. The first-order valence-electron chi connectivity index (χ1n) is 7.40. The maximum absolute atomic E-state index is 3.60. The van der Waals surface area contributed by atoms with Crippen LogP contribution in [0.4, 0.5) is 5.69 Å². The van der Waals surface area contributed by atoms with Gasteiger partial charge in [-0.1, -0.05) is 22.4 Å². The molecular weight excluding hydrogens is 300 g/mol. The zero-order chi connectivity index (χ0) is 13.4. The van der Waals surface area contributed by atoms with Crippen molar-refractivity contribution in [3.05, 3.63) is 28.2 Å². The summed E-state index contributed by atoms with van der Waals surface area (Å²) in [5.74, 6) is 1.89. The van der Waals surface area contributed by atoms with Crippen LogP contribution < -0.4 is 10.2 Å². The maximum atomic E-state index is 3.60. The molecule has 0 radical (unpaired) electrons. The summed E-state index contributed by atoms with van der Waals surface area (Å²) in [6.45, 7) is 4.76. The summed E-state index contributed by atoms with van der Waals surface area (Å²) in [6, 6.07) is 7.13. The van der Waals surface area contributed by atoms with E-state index in [1.54, 1.807) is 0 Å². The highest BCUT2D eigenvalue weighted by molar-refractivity contribution is 9.10. The molecule has 1 saturated carbocycles. The Hall–Kier alpha value is -0.540. The molecule has 0 aromatic heterocycles. The molecule has 2 aliphatic rings. The van der Waals surface area contributed by atoms with Crippen LogP contribution in [0.1, 0.15) is 37.8 Å². The largest absolute Gasteiger partial charge is 0.371 e. The lowest BCUT2D eigenvalue weighted by Gasteiger charge is -2.25. The van der Waals surface area contributed by atoms with Crippen molar-refractivity contribution in [3.8, 4) is 0 Å². The third-order valence-corrected chi connectivity index (χ3v) is 5.45. The first-order chi connectivity index (χ1) is 9.19. The number of rotatable bonds is 3. The second kappa shape index (κ2) is 5.45. The van der Waals surface area contributed by atoms with Gasteiger partial charge in [-0.25, -0.2) is 0 Å². The number of hydrogen-bond donors (Lipinski definition) is 1. The van der Waals surface area contributed by atoms with Crippen molar-refractivity contribution in [1.29, 1.82) is 0 Å². The molecule has 104 valence electrons. The molecule has 0 spiro atoms. The van der Waals surface area contributed by atoms with E-state index in [4.69, 9.17) is 0 Å². The number of halogens is 1. The predicted molar refractivity (Wildman–Crippen MR) is 84.7 cm³/mol. The van der Waals surface area contributed by atoms with Crippen LogP contribution >= 0.6 is 15.9 Å². The smallest absolute Gasteiger partial charge is 0.0415 e. The fourth-order valence-electron chi connectivity index (χ4n) is 3.75. The van der Waals surface area contributed by atoms with E-state index in [1.807, 2.05) is 7.05 Å². The molecule has 0 amide bonds. The van der Waals surface area contributed by atoms with Gasteiger partial charge >= 0.3 is 0 Å². The summed E-state index contributed by atoms with van der Waals surface area (Å²) >= 11 is 3.60. The van der Waals surface area contributed by atoms with Crippen molar-refractivity contribution in [1.82, 2.24) is 5.32 Å².